The van der Waals surface area contributed by atoms with Gasteiger partial charge in [0.05, 0.1) is 5.56 Å². The lowest BCUT2D eigenvalue weighted by Gasteiger charge is -2.07. The van der Waals surface area contributed by atoms with E-state index in [1.165, 1.54) is 24.4 Å². The molecular weight excluding hydrogens is 312 g/mol. The highest BCUT2D eigenvalue weighted by Crippen LogP contribution is 2.24. The van der Waals surface area contributed by atoms with Crippen LogP contribution in [0.15, 0.2) is 29.8 Å². The van der Waals surface area contributed by atoms with E-state index in [2.05, 4.69) is 10.3 Å². The standard InChI is InChI=1S/C12H10N4O5S/c13-10(18)7-3-5-22-12(7)15-9(17)6-21-8-2-1-4-14-11(8)16(19)20/h1-5H,6H2,(H2,13,18)(H,15,17). The molecule has 0 unspecified atom stereocenters. The predicted molar refractivity (Wildman–Crippen MR) is 77.9 cm³/mol. The number of hydrogen-bond acceptors (Lipinski definition) is 7. The number of hydrogen-bond donors (Lipinski definition) is 2. The Balaban J connectivity index is 2.00. The summed E-state index contributed by atoms with van der Waals surface area (Å²) in [6.07, 6.45) is 1.25. The summed E-state index contributed by atoms with van der Waals surface area (Å²) in [6, 6.07) is 4.26. The topological polar surface area (TPSA) is 137 Å². The van der Waals surface area contributed by atoms with E-state index in [0.717, 1.165) is 11.3 Å². The molecule has 0 radical (unpaired) electrons. The van der Waals surface area contributed by atoms with Gasteiger partial charge in [-0.05, 0) is 33.5 Å². The lowest BCUT2D eigenvalue weighted by Crippen LogP contribution is -2.22. The fraction of sp³-hybridized carbons (Fsp3) is 0.0833. The summed E-state index contributed by atoms with van der Waals surface area (Å²) in [7, 11) is 0. The minimum atomic E-state index is -0.711. The van der Waals surface area contributed by atoms with E-state index in [4.69, 9.17) is 10.5 Å². The highest BCUT2D eigenvalue weighted by Gasteiger charge is 2.17. The van der Waals surface area contributed by atoms with Gasteiger partial charge < -0.3 is 25.9 Å². The number of carbonyl (C=O) groups is 2. The minimum absolute atomic E-state index is 0.121. The number of ether oxygens (including phenoxy) is 1. The Hall–Kier alpha value is -3.01. The Morgan fingerprint density at radius 1 is 1.45 bits per heavy atom. The van der Waals surface area contributed by atoms with Crippen molar-refractivity contribution in [3.8, 4) is 5.75 Å². The molecule has 10 heteroatoms. The first-order valence-corrected chi connectivity index (χ1v) is 6.76. The summed E-state index contributed by atoms with van der Waals surface area (Å²) in [4.78, 5) is 36.5. The third kappa shape index (κ3) is 3.55. The van der Waals surface area contributed by atoms with Crippen molar-refractivity contribution in [1.82, 2.24) is 4.98 Å². The van der Waals surface area contributed by atoms with E-state index in [-0.39, 0.29) is 11.3 Å². The third-order valence-electron chi connectivity index (χ3n) is 2.47. The van der Waals surface area contributed by atoms with E-state index in [1.54, 1.807) is 5.38 Å². The van der Waals surface area contributed by atoms with Gasteiger partial charge in [0.15, 0.2) is 6.61 Å². The number of nitrogens with zero attached hydrogens (tertiary/aromatic N) is 2. The van der Waals surface area contributed by atoms with Crippen molar-refractivity contribution in [3.05, 3.63) is 45.5 Å². The molecule has 114 valence electrons. The van der Waals surface area contributed by atoms with Crippen LogP contribution in [0, 0.1) is 10.1 Å². The van der Waals surface area contributed by atoms with Gasteiger partial charge in [-0.25, -0.2) is 0 Å². The van der Waals surface area contributed by atoms with Crippen molar-refractivity contribution in [1.29, 1.82) is 0 Å². The van der Waals surface area contributed by atoms with Gasteiger partial charge in [0, 0.05) is 0 Å². The van der Waals surface area contributed by atoms with E-state index in [1.807, 2.05) is 0 Å². The molecule has 2 aromatic rings. The molecule has 0 aliphatic carbocycles. The zero-order chi connectivity index (χ0) is 16.1. The van der Waals surface area contributed by atoms with Crippen molar-refractivity contribution < 1.29 is 19.2 Å². The molecule has 2 amide bonds. The van der Waals surface area contributed by atoms with Crippen molar-refractivity contribution in [2.24, 2.45) is 5.73 Å². The number of rotatable bonds is 6. The first-order valence-electron chi connectivity index (χ1n) is 5.88. The van der Waals surface area contributed by atoms with Crippen molar-refractivity contribution in [2.75, 3.05) is 11.9 Å². The number of nitrogens with two attached hydrogens (primary N) is 1. The lowest BCUT2D eigenvalue weighted by atomic mass is 10.3. The van der Waals surface area contributed by atoms with Gasteiger partial charge in [0.2, 0.25) is 5.75 Å². The van der Waals surface area contributed by atoms with E-state index >= 15 is 0 Å². The van der Waals surface area contributed by atoms with Crippen LogP contribution in [0.4, 0.5) is 10.8 Å². The second-order valence-electron chi connectivity index (χ2n) is 3.95. The van der Waals surface area contributed by atoms with Crippen LogP contribution >= 0.6 is 11.3 Å². The summed E-state index contributed by atoms with van der Waals surface area (Å²) in [6.45, 7) is -0.470. The highest BCUT2D eigenvalue weighted by atomic mass is 32.1. The van der Waals surface area contributed by atoms with Gasteiger partial charge in [0.1, 0.15) is 11.2 Å². The molecule has 0 spiro atoms. The maximum atomic E-state index is 11.8. The maximum absolute atomic E-state index is 11.8. The molecule has 3 N–H and O–H groups in total. The number of pyridine rings is 1. The number of aromatic nitrogens is 1. The lowest BCUT2D eigenvalue weighted by molar-refractivity contribution is -0.390. The number of primary amides is 1. The monoisotopic (exact) mass is 322 g/mol. The highest BCUT2D eigenvalue weighted by molar-refractivity contribution is 7.14. The Labute approximate surface area is 127 Å². The van der Waals surface area contributed by atoms with Crippen LogP contribution in [0.1, 0.15) is 10.4 Å². The Morgan fingerprint density at radius 3 is 2.91 bits per heavy atom. The number of nitro groups is 1. The first-order chi connectivity index (χ1) is 10.5. The molecule has 0 atom stereocenters. The number of amides is 2. The predicted octanol–water partition coefficient (Wildman–Crippen LogP) is 1.17. The molecule has 0 bridgehead atoms. The third-order valence-corrected chi connectivity index (χ3v) is 3.30. The SMILES string of the molecule is NC(=O)c1ccsc1NC(=O)COc1cccnc1[N+](=O)[O-]. The molecule has 2 heterocycles. The molecule has 0 saturated carbocycles. The number of carbonyl (C=O) groups excluding carboxylic acids is 2. The summed E-state index contributed by atoms with van der Waals surface area (Å²) in [5.41, 5.74) is 5.34. The van der Waals surface area contributed by atoms with Crippen molar-refractivity contribution in [2.45, 2.75) is 0 Å². The zero-order valence-corrected chi connectivity index (χ0v) is 11.8. The summed E-state index contributed by atoms with van der Waals surface area (Å²) < 4.78 is 5.08. The number of nitrogens with one attached hydrogen (secondary N) is 1. The second-order valence-corrected chi connectivity index (χ2v) is 4.86. The summed E-state index contributed by atoms with van der Waals surface area (Å²) >= 11 is 1.13. The fourth-order valence-corrected chi connectivity index (χ4v) is 2.35. The molecule has 0 saturated heterocycles. The molecule has 9 nitrogen and oxygen atoms in total. The first kappa shape index (κ1) is 15.4. The van der Waals surface area contributed by atoms with Crippen LogP contribution in [0.2, 0.25) is 0 Å². The Bertz CT molecular complexity index is 730. The van der Waals surface area contributed by atoms with E-state index in [0.29, 0.717) is 5.00 Å². The number of anilines is 1. The average Bonchev–Trinajstić information content (AvgIpc) is 2.93. The smallest absolute Gasteiger partial charge is 0.406 e. The second kappa shape index (κ2) is 6.63. The molecule has 0 aliphatic rings. The molecule has 0 fully saturated rings. The van der Waals surface area contributed by atoms with E-state index in [9.17, 15) is 19.7 Å². The van der Waals surface area contributed by atoms with Crippen LogP contribution in [-0.2, 0) is 4.79 Å². The van der Waals surface area contributed by atoms with Gasteiger partial charge in [-0.2, -0.15) is 0 Å². The molecule has 0 aliphatic heterocycles. The quantitative estimate of drug-likeness (QED) is 0.604. The van der Waals surface area contributed by atoms with Crippen LogP contribution < -0.4 is 15.8 Å². The normalized spacial score (nSPS) is 10.0. The summed E-state index contributed by atoms with van der Waals surface area (Å²) in [5, 5.41) is 15.1. The molecule has 2 rings (SSSR count). The van der Waals surface area contributed by atoms with Gasteiger partial charge in [0.25, 0.3) is 11.8 Å². The maximum Gasteiger partial charge on any atom is 0.406 e. The Morgan fingerprint density at radius 2 is 2.23 bits per heavy atom. The average molecular weight is 322 g/mol. The molecule has 0 aromatic carbocycles. The van der Waals surface area contributed by atoms with Gasteiger partial charge in [-0.1, -0.05) is 0 Å². The van der Waals surface area contributed by atoms with Gasteiger partial charge in [-0.15, -0.1) is 11.3 Å². The van der Waals surface area contributed by atoms with Crippen LogP contribution in [0.5, 0.6) is 5.75 Å². The van der Waals surface area contributed by atoms with Gasteiger partial charge >= 0.3 is 5.82 Å². The van der Waals surface area contributed by atoms with Crippen LogP contribution in [0.3, 0.4) is 0 Å². The molecule has 2 aromatic heterocycles. The van der Waals surface area contributed by atoms with E-state index < -0.39 is 29.2 Å². The van der Waals surface area contributed by atoms with Gasteiger partial charge in [-0.3, -0.25) is 9.59 Å². The Kier molecular flexibility index (Phi) is 4.63. The molecular formula is C12H10N4O5S. The zero-order valence-electron chi connectivity index (χ0n) is 11.0. The van der Waals surface area contributed by atoms with Crippen molar-refractivity contribution in [3.63, 3.8) is 0 Å². The number of thiophene rings is 1. The minimum Gasteiger partial charge on any atom is -0.476 e. The van der Waals surface area contributed by atoms with Crippen molar-refractivity contribution >= 4 is 34.0 Å². The fourth-order valence-electron chi connectivity index (χ4n) is 1.54. The summed E-state index contributed by atoms with van der Waals surface area (Å²) in [5.74, 6) is -1.85. The molecule has 22 heavy (non-hydrogen) atoms. The largest absolute Gasteiger partial charge is 0.476 e. The van der Waals surface area contributed by atoms with Crippen LogP contribution in [0.25, 0.3) is 0 Å². The van der Waals surface area contributed by atoms with Crippen LogP contribution in [-0.4, -0.2) is 28.3 Å².